The Morgan fingerprint density at radius 3 is 2.50 bits per heavy atom. The van der Waals surface area contributed by atoms with Gasteiger partial charge in [-0.1, -0.05) is 0 Å². The number of ether oxygens (including phenoxy) is 1. The highest BCUT2D eigenvalue weighted by molar-refractivity contribution is 6.01. The molecule has 0 spiro atoms. The number of anilines is 1. The van der Waals surface area contributed by atoms with Crippen LogP contribution >= 0.6 is 0 Å². The molecule has 0 aliphatic carbocycles. The van der Waals surface area contributed by atoms with Crippen molar-refractivity contribution < 1.29 is 14.3 Å². The highest BCUT2D eigenvalue weighted by atomic mass is 16.5. The van der Waals surface area contributed by atoms with Crippen LogP contribution in [0, 0.1) is 11.3 Å². The van der Waals surface area contributed by atoms with Gasteiger partial charge in [0.1, 0.15) is 6.42 Å². The van der Waals surface area contributed by atoms with Crippen molar-refractivity contribution >= 4 is 17.6 Å². The van der Waals surface area contributed by atoms with Gasteiger partial charge >= 0.3 is 5.97 Å². The van der Waals surface area contributed by atoms with E-state index in [9.17, 15) is 9.59 Å². The molecule has 1 amide bonds. The molecule has 1 aromatic rings. The quantitative estimate of drug-likeness (QED) is 0.607. The molecule has 1 aromatic carbocycles. The van der Waals surface area contributed by atoms with Crippen molar-refractivity contribution in [1.29, 1.82) is 5.26 Å². The monoisotopic (exact) mass is 218 g/mol. The molecule has 0 saturated heterocycles. The van der Waals surface area contributed by atoms with Crippen molar-refractivity contribution in [3.05, 3.63) is 29.8 Å². The maximum atomic E-state index is 11.3. The molecule has 16 heavy (non-hydrogen) atoms. The van der Waals surface area contributed by atoms with Crippen LogP contribution in [0.5, 0.6) is 0 Å². The third-order valence-corrected chi connectivity index (χ3v) is 1.83. The number of nitrogens with one attached hydrogen (secondary N) is 1. The molecule has 5 heteroatoms. The molecule has 0 aromatic heterocycles. The minimum Gasteiger partial charge on any atom is -0.469 e. The second kappa shape index (κ2) is 5.51. The average Bonchev–Trinajstić information content (AvgIpc) is 2.29. The number of carbonyl (C=O) groups excluding carboxylic acids is 2. The lowest BCUT2D eigenvalue weighted by atomic mass is 10.2. The van der Waals surface area contributed by atoms with E-state index in [1.165, 1.54) is 7.11 Å². The van der Waals surface area contributed by atoms with Crippen molar-refractivity contribution in [2.45, 2.75) is 6.42 Å². The maximum absolute atomic E-state index is 11.3. The van der Waals surface area contributed by atoms with Gasteiger partial charge in [0.05, 0.1) is 18.7 Å². The van der Waals surface area contributed by atoms with E-state index >= 15 is 0 Å². The number of carbonyl (C=O) groups is 2. The lowest BCUT2D eigenvalue weighted by Gasteiger charge is -2.03. The third kappa shape index (κ3) is 3.42. The Morgan fingerprint density at radius 2 is 2.00 bits per heavy atom. The van der Waals surface area contributed by atoms with Gasteiger partial charge in [-0.15, -0.1) is 0 Å². The molecule has 0 fully saturated rings. The number of benzene rings is 1. The van der Waals surface area contributed by atoms with E-state index in [1.807, 2.05) is 6.07 Å². The maximum Gasteiger partial charge on any atom is 0.315 e. The van der Waals surface area contributed by atoms with Gasteiger partial charge in [0.25, 0.3) is 0 Å². The fraction of sp³-hybridized carbons (Fsp3) is 0.182. The highest BCUT2D eigenvalue weighted by Gasteiger charge is 2.09. The van der Waals surface area contributed by atoms with Gasteiger partial charge in [-0.3, -0.25) is 9.59 Å². The van der Waals surface area contributed by atoms with Gasteiger partial charge < -0.3 is 10.1 Å². The minimum atomic E-state index is -0.592. The second-order valence-electron chi connectivity index (χ2n) is 2.99. The van der Waals surface area contributed by atoms with E-state index < -0.39 is 11.9 Å². The molecular weight excluding hydrogens is 208 g/mol. The minimum absolute atomic E-state index is 0.323. The summed E-state index contributed by atoms with van der Waals surface area (Å²) >= 11 is 0. The first-order valence-corrected chi connectivity index (χ1v) is 4.52. The van der Waals surface area contributed by atoms with Crippen LogP contribution in [0.1, 0.15) is 12.0 Å². The van der Waals surface area contributed by atoms with Gasteiger partial charge in [0, 0.05) is 5.69 Å². The Bertz CT molecular complexity index is 432. The molecule has 0 bridgehead atoms. The summed E-state index contributed by atoms with van der Waals surface area (Å²) in [6.45, 7) is 0. The average molecular weight is 218 g/mol. The summed E-state index contributed by atoms with van der Waals surface area (Å²) in [7, 11) is 1.22. The molecule has 0 unspecified atom stereocenters. The fourth-order valence-corrected chi connectivity index (χ4v) is 1.04. The van der Waals surface area contributed by atoms with Crippen LogP contribution in [-0.2, 0) is 14.3 Å². The molecule has 1 rings (SSSR count). The third-order valence-electron chi connectivity index (χ3n) is 1.83. The number of nitrogens with zero attached hydrogens (tertiary/aromatic N) is 1. The van der Waals surface area contributed by atoms with Crippen molar-refractivity contribution in [3.63, 3.8) is 0 Å². The summed E-state index contributed by atoms with van der Waals surface area (Å²) in [6.07, 6.45) is -0.323. The summed E-state index contributed by atoms with van der Waals surface area (Å²) in [5, 5.41) is 11.1. The van der Waals surface area contributed by atoms with Crippen LogP contribution in [-0.4, -0.2) is 19.0 Å². The summed E-state index contributed by atoms with van der Waals surface area (Å²) < 4.78 is 4.35. The Labute approximate surface area is 92.6 Å². The zero-order chi connectivity index (χ0) is 12.0. The van der Waals surface area contributed by atoms with Crippen LogP contribution in [0.3, 0.4) is 0 Å². The van der Waals surface area contributed by atoms with Gasteiger partial charge in [0.2, 0.25) is 5.91 Å². The Hall–Kier alpha value is -2.35. The molecule has 0 radical (unpaired) electrons. The van der Waals surface area contributed by atoms with Crippen LogP contribution in [0.25, 0.3) is 0 Å². The fourth-order valence-electron chi connectivity index (χ4n) is 1.04. The van der Waals surface area contributed by atoms with Crippen molar-refractivity contribution in [2.75, 3.05) is 12.4 Å². The SMILES string of the molecule is COC(=O)CC(=O)Nc1ccc(C#N)cc1. The van der Waals surface area contributed by atoms with Crippen LogP contribution in [0.2, 0.25) is 0 Å². The molecule has 5 nitrogen and oxygen atoms in total. The lowest BCUT2D eigenvalue weighted by molar-refractivity contribution is -0.142. The summed E-state index contributed by atoms with van der Waals surface area (Å²) in [6, 6.07) is 8.30. The van der Waals surface area contributed by atoms with Gasteiger partial charge in [-0.2, -0.15) is 5.26 Å². The number of hydrogen-bond acceptors (Lipinski definition) is 4. The van der Waals surface area contributed by atoms with E-state index in [0.717, 1.165) is 0 Å². The smallest absolute Gasteiger partial charge is 0.315 e. The van der Waals surface area contributed by atoms with Crippen LogP contribution in [0.15, 0.2) is 24.3 Å². The predicted octanol–water partition coefficient (Wildman–Crippen LogP) is 1.06. The zero-order valence-corrected chi connectivity index (χ0v) is 8.69. The van der Waals surface area contributed by atoms with E-state index in [0.29, 0.717) is 11.3 Å². The molecule has 1 N–H and O–H groups in total. The van der Waals surface area contributed by atoms with Crippen molar-refractivity contribution in [1.82, 2.24) is 0 Å². The number of amides is 1. The highest BCUT2D eigenvalue weighted by Crippen LogP contribution is 2.08. The lowest BCUT2D eigenvalue weighted by Crippen LogP contribution is -2.17. The Balaban J connectivity index is 2.57. The zero-order valence-electron chi connectivity index (χ0n) is 8.69. The van der Waals surface area contributed by atoms with Gasteiger partial charge in [0.15, 0.2) is 0 Å². The first-order chi connectivity index (χ1) is 7.65. The summed E-state index contributed by atoms with van der Waals surface area (Å²) in [5.41, 5.74) is 1.04. The summed E-state index contributed by atoms with van der Waals surface area (Å²) in [5.74, 6) is -1.04. The van der Waals surface area contributed by atoms with E-state index in [2.05, 4.69) is 10.1 Å². The number of methoxy groups -OCH3 is 1. The first-order valence-electron chi connectivity index (χ1n) is 4.52. The molecule has 0 aliphatic rings. The number of nitriles is 1. The largest absolute Gasteiger partial charge is 0.469 e. The molecular formula is C11H10N2O3. The molecule has 82 valence electrons. The van der Waals surface area contributed by atoms with Crippen LogP contribution < -0.4 is 5.32 Å². The Kier molecular flexibility index (Phi) is 4.04. The number of hydrogen-bond donors (Lipinski definition) is 1. The number of esters is 1. The number of rotatable bonds is 3. The van der Waals surface area contributed by atoms with Crippen LogP contribution in [0.4, 0.5) is 5.69 Å². The molecule has 0 saturated carbocycles. The van der Waals surface area contributed by atoms with Gasteiger partial charge in [-0.25, -0.2) is 0 Å². The van der Waals surface area contributed by atoms with E-state index in [1.54, 1.807) is 24.3 Å². The van der Waals surface area contributed by atoms with Gasteiger partial charge in [-0.05, 0) is 24.3 Å². The second-order valence-corrected chi connectivity index (χ2v) is 2.99. The molecule has 0 aliphatic heterocycles. The molecule has 0 atom stereocenters. The first kappa shape index (κ1) is 11.7. The summed E-state index contributed by atoms with van der Waals surface area (Å²) in [4.78, 5) is 22.0. The van der Waals surface area contributed by atoms with Crippen molar-refractivity contribution in [3.8, 4) is 6.07 Å². The predicted molar refractivity (Wildman–Crippen MR) is 56.4 cm³/mol. The van der Waals surface area contributed by atoms with Crippen molar-refractivity contribution in [2.24, 2.45) is 0 Å². The topological polar surface area (TPSA) is 79.2 Å². The van der Waals surface area contributed by atoms with E-state index in [-0.39, 0.29) is 6.42 Å². The van der Waals surface area contributed by atoms with E-state index in [4.69, 9.17) is 5.26 Å². The molecule has 0 heterocycles. The normalized spacial score (nSPS) is 9.00. The Morgan fingerprint density at radius 1 is 1.38 bits per heavy atom. The standard InChI is InChI=1S/C11H10N2O3/c1-16-11(15)6-10(14)13-9-4-2-8(7-12)3-5-9/h2-5H,6H2,1H3,(H,13,14).